The first-order valence-corrected chi connectivity index (χ1v) is 7.80. The Labute approximate surface area is 144 Å². The summed E-state index contributed by atoms with van der Waals surface area (Å²) < 4.78 is 37.3. The highest BCUT2D eigenvalue weighted by molar-refractivity contribution is 5.55. The van der Waals surface area contributed by atoms with E-state index >= 15 is 0 Å². The number of nitrogens with zero attached hydrogens (tertiary/aromatic N) is 2. The quantitative estimate of drug-likeness (QED) is 0.620. The predicted octanol–water partition coefficient (Wildman–Crippen LogP) is 3.34. The fraction of sp³-hybridized carbons (Fsp3) is 0.263. The average molecular weight is 342 g/mol. The Bertz CT molecular complexity index is 818. The first-order valence-electron chi connectivity index (χ1n) is 7.80. The SMILES string of the molecule is C/C=C/C1COC(C#Cc2cnc(-c3ccc(F)c(F)c3)nc2)OC1. The smallest absolute Gasteiger partial charge is 0.222 e. The largest absolute Gasteiger partial charge is 0.341 e. The van der Waals surface area contributed by atoms with Gasteiger partial charge in [0.2, 0.25) is 6.29 Å². The van der Waals surface area contributed by atoms with Crippen LogP contribution in [0.25, 0.3) is 11.4 Å². The van der Waals surface area contributed by atoms with Crippen molar-refractivity contribution in [1.29, 1.82) is 0 Å². The molecule has 0 saturated carbocycles. The zero-order valence-electron chi connectivity index (χ0n) is 13.6. The predicted molar refractivity (Wildman–Crippen MR) is 88.3 cm³/mol. The highest BCUT2D eigenvalue weighted by Crippen LogP contribution is 2.17. The van der Waals surface area contributed by atoms with Gasteiger partial charge in [-0.1, -0.05) is 18.1 Å². The maximum atomic E-state index is 13.3. The van der Waals surface area contributed by atoms with Gasteiger partial charge in [0.1, 0.15) is 0 Å². The molecule has 0 atom stereocenters. The van der Waals surface area contributed by atoms with Crippen LogP contribution in [0.15, 0.2) is 42.7 Å². The number of hydrogen-bond donors (Lipinski definition) is 0. The van der Waals surface area contributed by atoms with Crippen molar-refractivity contribution in [3.63, 3.8) is 0 Å². The minimum absolute atomic E-state index is 0.252. The standard InChI is InChI=1S/C19H16F2N2O2/c1-2-3-14-11-24-18(25-12-14)7-4-13-9-22-19(23-10-13)15-5-6-16(20)17(21)8-15/h2-3,5-6,8-10,14,18H,11-12H2,1H3/b3-2+. The van der Waals surface area contributed by atoms with Crippen LogP contribution in [-0.4, -0.2) is 29.5 Å². The molecule has 0 unspecified atom stereocenters. The lowest BCUT2D eigenvalue weighted by molar-refractivity contribution is -0.160. The van der Waals surface area contributed by atoms with Crippen molar-refractivity contribution in [1.82, 2.24) is 9.97 Å². The lowest BCUT2D eigenvalue weighted by atomic mass is 10.1. The molecule has 1 aliphatic rings. The second kappa shape index (κ2) is 7.97. The van der Waals surface area contributed by atoms with Crippen molar-refractivity contribution in [2.45, 2.75) is 13.2 Å². The van der Waals surface area contributed by atoms with Gasteiger partial charge in [-0.05, 0) is 31.0 Å². The molecule has 3 rings (SSSR count). The highest BCUT2D eigenvalue weighted by atomic mass is 19.2. The summed E-state index contributed by atoms with van der Waals surface area (Å²) in [4.78, 5) is 8.25. The first-order chi connectivity index (χ1) is 12.2. The van der Waals surface area contributed by atoms with E-state index in [-0.39, 0.29) is 5.92 Å². The lowest BCUT2D eigenvalue weighted by Gasteiger charge is -2.24. The zero-order chi connectivity index (χ0) is 17.6. The van der Waals surface area contributed by atoms with Gasteiger partial charge in [-0.3, -0.25) is 0 Å². The van der Waals surface area contributed by atoms with Crippen molar-refractivity contribution in [3.05, 3.63) is 59.9 Å². The van der Waals surface area contributed by atoms with Crippen molar-refractivity contribution in [2.75, 3.05) is 13.2 Å². The molecule has 2 aromatic rings. The van der Waals surface area contributed by atoms with E-state index in [0.29, 0.717) is 30.2 Å². The second-order valence-corrected chi connectivity index (χ2v) is 5.48. The van der Waals surface area contributed by atoms with E-state index < -0.39 is 17.9 Å². The number of aromatic nitrogens is 2. The van der Waals surface area contributed by atoms with E-state index in [1.165, 1.54) is 18.5 Å². The lowest BCUT2D eigenvalue weighted by Crippen LogP contribution is -2.30. The molecule has 4 nitrogen and oxygen atoms in total. The summed E-state index contributed by atoms with van der Waals surface area (Å²) in [6.45, 7) is 3.08. The van der Waals surface area contributed by atoms with E-state index in [2.05, 4.69) is 21.8 Å². The van der Waals surface area contributed by atoms with Crippen molar-refractivity contribution < 1.29 is 18.3 Å². The van der Waals surface area contributed by atoms with Crippen LogP contribution >= 0.6 is 0 Å². The minimum atomic E-state index is -0.937. The van der Waals surface area contributed by atoms with Gasteiger partial charge in [-0.15, -0.1) is 0 Å². The highest BCUT2D eigenvalue weighted by Gasteiger charge is 2.18. The van der Waals surface area contributed by atoms with Crippen LogP contribution < -0.4 is 0 Å². The minimum Gasteiger partial charge on any atom is -0.341 e. The molecule has 0 aliphatic carbocycles. The van der Waals surface area contributed by atoms with E-state index in [4.69, 9.17) is 9.47 Å². The van der Waals surface area contributed by atoms with Crippen LogP contribution in [0.4, 0.5) is 8.78 Å². The molecule has 0 spiro atoms. The van der Waals surface area contributed by atoms with E-state index in [9.17, 15) is 8.78 Å². The second-order valence-electron chi connectivity index (χ2n) is 5.48. The zero-order valence-corrected chi connectivity index (χ0v) is 13.6. The summed E-state index contributed by atoms with van der Waals surface area (Å²) >= 11 is 0. The summed E-state index contributed by atoms with van der Waals surface area (Å²) in [6, 6.07) is 3.52. The number of rotatable bonds is 2. The number of halogens is 2. The Kier molecular flexibility index (Phi) is 5.49. The summed E-state index contributed by atoms with van der Waals surface area (Å²) in [7, 11) is 0. The van der Waals surface area contributed by atoms with E-state index in [0.717, 1.165) is 12.1 Å². The summed E-state index contributed by atoms with van der Waals surface area (Å²) in [5.74, 6) is 4.45. The Morgan fingerprint density at radius 2 is 1.84 bits per heavy atom. The Morgan fingerprint density at radius 3 is 2.48 bits per heavy atom. The molecule has 128 valence electrons. The third-order valence-corrected chi connectivity index (χ3v) is 3.55. The third-order valence-electron chi connectivity index (χ3n) is 3.55. The van der Waals surface area contributed by atoms with Gasteiger partial charge >= 0.3 is 0 Å². The number of allylic oxidation sites excluding steroid dienone is 1. The van der Waals surface area contributed by atoms with Gasteiger partial charge in [-0.25, -0.2) is 18.7 Å². The monoisotopic (exact) mass is 342 g/mol. The molecule has 1 aromatic heterocycles. The van der Waals surface area contributed by atoms with E-state index in [1.807, 2.05) is 19.1 Å². The molecular formula is C19H16F2N2O2. The van der Waals surface area contributed by atoms with Gasteiger partial charge < -0.3 is 9.47 Å². The number of ether oxygens (including phenoxy) is 2. The molecule has 1 fully saturated rings. The molecule has 25 heavy (non-hydrogen) atoms. The van der Waals surface area contributed by atoms with Crippen LogP contribution in [0.2, 0.25) is 0 Å². The van der Waals surface area contributed by atoms with Crippen molar-refractivity contribution in [3.8, 4) is 23.2 Å². The molecule has 1 aromatic carbocycles. The average Bonchev–Trinajstić information content (AvgIpc) is 2.64. The van der Waals surface area contributed by atoms with Crippen LogP contribution in [-0.2, 0) is 9.47 Å². The van der Waals surface area contributed by atoms with Crippen LogP contribution in [0.5, 0.6) is 0 Å². The number of benzene rings is 1. The maximum Gasteiger partial charge on any atom is 0.222 e. The summed E-state index contributed by atoms with van der Waals surface area (Å²) in [5, 5.41) is 0. The molecular weight excluding hydrogens is 326 g/mol. The topological polar surface area (TPSA) is 44.2 Å². The Hall–Kier alpha value is -2.62. The van der Waals surface area contributed by atoms with Gasteiger partial charge in [0.05, 0.1) is 18.8 Å². The van der Waals surface area contributed by atoms with Gasteiger partial charge in [0.25, 0.3) is 0 Å². The van der Waals surface area contributed by atoms with Crippen LogP contribution in [0, 0.1) is 29.4 Å². The van der Waals surface area contributed by atoms with Crippen molar-refractivity contribution >= 4 is 0 Å². The number of hydrogen-bond acceptors (Lipinski definition) is 4. The fourth-order valence-corrected chi connectivity index (χ4v) is 2.30. The fourth-order valence-electron chi connectivity index (χ4n) is 2.30. The van der Waals surface area contributed by atoms with E-state index in [1.54, 1.807) is 0 Å². The van der Waals surface area contributed by atoms with Crippen LogP contribution in [0.3, 0.4) is 0 Å². The Balaban J connectivity index is 1.65. The van der Waals surface area contributed by atoms with Crippen LogP contribution in [0.1, 0.15) is 12.5 Å². The van der Waals surface area contributed by atoms with Gasteiger partial charge in [0.15, 0.2) is 17.5 Å². The third kappa shape index (κ3) is 4.47. The molecule has 0 bridgehead atoms. The summed E-state index contributed by atoms with van der Waals surface area (Å²) in [6.07, 6.45) is 6.46. The molecule has 0 radical (unpaired) electrons. The molecule has 0 N–H and O–H groups in total. The molecule has 2 heterocycles. The molecule has 6 heteroatoms. The summed E-state index contributed by atoms with van der Waals surface area (Å²) in [5.41, 5.74) is 0.974. The maximum absolute atomic E-state index is 13.3. The van der Waals surface area contributed by atoms with Crippen molar-refractivity contribution in [2.24, 2.45) is 5.92 Å². The Morgan fingerprint density at radius 1 is 1.12 bits per heavy atom. The molecule has 1 aliphatic heterocycles. The normalized spacial score (nSPS) is 20.3. The van der Waals surface area contributed by atoms with Gasteiger partial charge in [-0.2, -0.15) is 0 Å². The van der Waals surface area contributed by atoms with Gasteiger partial charge in [0, 0.05) is 23.9 Å². The molecule has 1 saturated heterocycles. The first kappa shape index (κ1) is 17.2. The molecule has 0 amide bonds.